The van der Waals surface area contributed by atoms with Crippen LogP contribution in [0.4, 0.5) is 8.78 Å². The quantitative estimate of drug-likeness (QED) is 0.925. The first-order valence-corrected chi connectivity index (χ1v) is 7.50. The lowest BCUT2D eigenvalue weighted by Crippen LogP contribution is -2.39. The van der Waals surface area contributed by atoms with Crippen molar-refractivity contribution in [3.8, 4) is 11.5 Å². The van der Waals surface area contributed by atoms with Crippen LogP contribution in [0.25, 0.3) is 0 Å². The highest BCUT2D eigenvalue weighted by atomic mass is 19.3. The van der Waals surface area contributed by atoms with Gasteiger partial charge in [-0.3, -0.25) is 4.79 Å². The molecular formula is C16H18F2O4. The molecule has 0 spiro atoms. The molecule has 4 nitrogen and oxygen atoms in total. The standard InChI is InChI=1S/C16H18F2O4/c17-14(18)10-8-11(13-12(9-10)21-6-7-22-13)16(15(19)20)4-2-1-3-5-16/h8-9,14H,1-7H2,(H,19,20). The molecule has 0 bridgehead atoms. The van der Waals surface area contributed by atoms with Crippen LogP contribution >= 0.6 is 0 Å². The zero-order valence-corrected chi connectivity index (χ0v) is 12.1. The van der Waals surface area contributed by atoms with Gasteiger partial charge in [-0.15, -0.1) is 0 Å². The number of hydrogen-bond acceptors (Lipinski definition) is 3. The van der Waals surface area contributed by atoms with Crippen molar-refractivity contribution in [2.45, 2.75) is 43.9 Å². The van der Waals surface area contributed by atoms with Crippen LogP contribution in [-0.4, -0.2) is 24.3 Å². The van der Waals surface area contributed by atoms with Crippen molar-refractivity contribution in [1.29, 1.82) is 0 Å². The molecule has 6 heteroatoms. The molecule has 0 saturated heterocycles. The van der Waals surface area contributed by atoms with Gasteiger partial charge in [0.1, 0.15) is 13.2 Å². The summed E-state index contributed by atoms with van der Waals surface area (Å²) in [7, 11) is 0. The Morgan fingerprint density at radius 3 is 2.45 bits per heavy atom. The van der Waals surface area contributed by atoms with Crippen LogP contribution in [0.2, 0.25) is 0 Å². The molecule has 0 aromatic heterocycles. The van der Waals surface area contributed by atoms with E-state index >= 15 is 0 Å². The van der Waals surface area contributed by atoms with Crippen molar-refractivity contribution in [1.82, 2.24) is 0 Å². The minimum Gasteiger partial charge on any atom is -0.486 e. The zero-order chi connectivity index (χ0) is 15.7. The number of benzene rings is 1. The number of fused-ring (bicyclic) bond motifs is 1. The van der Waals surface area contributed by atoms with Crippen molar-refractivity contribution in [2.75, 3.05) is 13.2 Å². The largest absolute Gasteiger partial charge is 0.486 e. The van der Waals surface area contributed by atoms with Crippen LogP contribution in [0.3, 0.4) is 0 Å². The molecule has 120 valence electrons. The van der Waals surface area contributed by atoms with Crippen molar-refractivity contribution < 1.29 is 28.2 Å². The van der Waals surface area contributed by atoms with E-state index in [-0.39, 0.29) is 17.9 Å². The molecular weight excluding hydrogens is 294 g/mol. The summed E-state index contributed by atoms with van der Waals surface area (Å²) in [5.41, 5.74) is -1.04. The molecule has 1 aliphatic carbocycles. The fraction of sp³-hybridized carbons (Fsp3) is 0.562. The van der Waals surface area contributed by atoms with Crippen LogP contribution in [0.15, 0.2) is 12.1 Å². The maximum absolute atomic E-state index is 13.2. The monoisotopic (exact) mass is 312 g/mol. The highest BCUT2D eigenvalue weighted by Crippen LogP contribution is 2.49. The first-order chi connectivity index (χ1) is 10.5. The van der Waals surface area contributed by atoms with E-state index in [1.807, 2.05) is 0 Å². The van der Waals surface area contributed by atoms with Gasteiger partial charge in [0.25, 0.3) is 6.43 Å². The third-order valence-electron chi connectivity index (χ3n) is 4.55. The number of carboxylic acids is 1. The Morgan fingerprint density at radius 1 is 1.14 bits per heavy atom. The van der Waals surface area contributed by atoms with Crippen LogP contribution in [-0.2, 0) is 10.2 Å². The van der Waals surface area contributed by atoms with E-state index in [2.05, 4.69) is 0 Å². The minimum absolute atomic E-state index is 0.217. The lowest BCUT2D eigenvalue weighted by atomic mass is 9.68. The van der Waals surface area contributed by atoms with Gasteiger partial charge in [-0.2, -0.15) is 0 Å². The number of aliphatic carboxylic acids is 1. The van der Waals surface area contributed by atoms with E-state index < -0.39 is 17.8 Å². The average molecular weight is 312 g/mol. The first-order valence-electron chi connectivity index (χ1n) is 7.50. The summed E-state index contributed by atoms with van der Waals surface area (Å²) < 4.78 is 37.3. The Balaban J connectivity index is 2.18. The van der Waals surface area contributed by atoms with E-state index in [4.69, 9.17) is 9.47 Å². The molecule has 1 heterocycles. The minimum atomic E-state index is -2.68. The second-order valence-corrected chi connectivity index (χ2v) is 5.84. The van der Waals surface area contributed by atoms with Crippen molar-refractivity contribution >= 4 is 5.97 Å². The lowest BCUT2D eigenvalue weighted by Gasteiger charge is -2.36. The Kier molecular flexibility index (Phi) is 3.93. The van der Waals surface area contributed by atoms with Crippen LogP contribution in [0.5, 0.6) is 11.5 Å². The molecule has 3 rings (SSSR count). The Morgan fingerprint density at radius 2 is 1.82 bits per heavy atom. The third-order valence-corrected chi connectivity index (χ3v) is 4.55. The summed E-state index contributed by atoms with van der Waals surface area (Å²) in [6.45, 7) is 0.572. The number of hydrogen-bond donors (Lipinski definition) is 1. The normalized spacial score (nSPS) is 20.0. The van der Waals surface area contributed by atoms with E-state index in [0.717, 1.165) is 19.3 Å². The number of ether oxygens (including phenoxy) is 2. The van der Waals surface area contributed by atoms with Crippen molar-refractivity contribution in [3.05, 3.63) is 23.3 Å². The number of alkyl halides is 2. The molecule has 0 unspecified atom stereocenters. The predicted octanol–water partition coefficient (Wildman–Crippen LogP) is 3.68. The number of carboxylic acid groups (broad SMARTS) is 1. The second kappa shape index (κ2) is 5.74. The van der Waals surface area contributed by atoms with Crippen LogP contribution in [0, 0.1) is 0 Å². The first kappa shape index (κ1) is 15.1. The van der Waals surface area contributed by atoms with E-state index in [1.165, 1.54) is 12.1 Å². The Bertz CT molecular complexity index is 580. The fourth-order valence-electron chi connectivity index (χ4n) is 3.41. The smallest absolute Gasteiger partial charge is 0.314 e. The van der Waals surface area contributed by atoms with Gasteiger partial charge in [-0.1, -0.05) is 19.3 Å². The molecule has 1 aromatic rings. The summed E-state index contributed by atoms with van der Waals surface area (Å²) in [5.74, 6) is -0.430. The van der Waals surface area contributed by atoms with Gasteiger partial charge in [0.05, 0.1) is 5.41 Å². The molecule has 1 fully saturated rings. The van der Waals surface area contributed by atoms with Crippen LogP contribution < -0.4 is 9.47 Å². The zero-order valence-electron chi connectivity index (χ0n) is 12.1. The molecule has 1 saturated carbocycles. The molecule has 1 aromatic carbocycles. The molecule has 0 amide bonds. The van der Waals surface area contributed by atoms with Gasteiger partial charge >= 0.3 is 5.97 Å². The van der Waals surface area contributed by atoms with Crippen molar-refractivity contribution in [3.63, 3.8) is 0 Å². The van der Waals surface area contributed by atoms with Gasteiger partial charge < -0.3 is 14.6 Å². The molecule has 22 heavy (non-hydrogen) atoms. The molecule has 1 aliphatic heterocycles. The Labute approximate surface area is 127 Å². The maximum Gasteiger partial charge on any atom is 0.314 e. The summed E-state index contributed by atoms with van der Waals surface area (Å²) in [5, 5.41) is 9.79. The predicted molar refractivity (Wildman–Crippen MR) is 74.8 cm³/mol. The van der Waals surface area contributed by atoms with Gasteiger partial charge in [0.15, 0.2) is 11.5 Å². The van der Waals surface area contributed by atoms with E-state index in [1.54, 1.807) is 0 Å². The Hall–Kier alpha value is -1.85. The molecule has 2 aliphatic rings. The highest BCUT2D eigenvalue weighted by molar-refractivity contribution is 5.83. The lowest BCUT2D eigenvalue weighted by molar-refractivity contribution is -0.145. The second-order valence-electron chi connectivity index (χ2n) is 5.84. The average Bonchev–Trinajstić information content (AvgIpc) is 2.54. The fourth-order valence-corrected chi connectivity index (χ4v) is 3.41. The summed E-state index contributed by atoms with van der Waals surface area (Å²) in [6, 6.07) is 2.54. The molecule has 0 radical (unpaired) electrons. The molecule has 1 N–H and O–H groups in total. The third kappa shape index (κ3) is 2.40. The topological polar surface area (TPSA) is 55.8 Å². The summed E-state index contributed by atoms with van der Waals surface area (Å²) in [4.78, 5) is 12.0. The van der Waals surface area contributed by atoms with E-state index in [0.29, 0.717) is 30.8 Å². The van der Waals surface area contributed by atoms with Gasteiger partial charge in [-0.25, -0.2) is 8.78 Å². The van der Waals surface area contributed by atoms with Crippen LogP contribution in [0.1, 0.15) is 49.7 Å². The number of rotatable bonds is 3. The molecule has 0 atom stereocenters. The van der Waals surface area contributed by atoms with Gasteiger partial charge in [0, 0.05) is 11.1 Å². The summed E-state index contributed by atoms with van der Waals surface area (Å²) >= 11 is 0. The van der Waals surface area contributed by atoms with E-state index in [9.17, 15) is 18.7 Å². The SMILES string of the molecule is O=C(O)C1(c2cc(C(F)F)cc3c2OCCO3)CCCCC1. The van der Waals surface area contributed by atoms with Gasteiger partial charge in [-0.05, 0) is 25.0 Å². The van der Waals surface area contributed by atoms with Crippen molar-refractivity contribution in [2.24, 2.45) is 0 Å². The van der Waals surface area contributed by atoms with Gasteiger partial charge in [0.2, 0.25) is 0 Å². The number of carbonyl (C=O) groups is 1. The summed E-state index contributed by atoms with van der Waals surface area (Å²) in [6.07, 6.45) is 0.685. The number of halogens is 2. The maximum atomic E-state index is 13.2. The highest BCUT2D eigenvalue weighted by Gasteiger charge is 2.45.